The van der Waals surface area contributed by atoms with Crippen LogP contribution < -0.4 is 0 Å². The van der Waals surface area contributed by atoms with Crippen molar-refractivity contribution in [1.29, 1.82) is 0 Å². The second-order valence-corrected chi connectivity index (χ2v) is 6.80. The second-order valence-electron chi connectivity index (χ2n) is 5.72. The summed E-state index contributed by atoms with van der Waals surface area (Å²) in [5.41, 5.74) is -0.114. The number of aromatic carboxylic acids is 1. The zero-order valence-corrected chi connectivity index (χ0v) is 13.4. The van der Waals surface area contributed by atoms with Crippen molar-refractivity contribution in [3.63, 3.8) is 0 Å². The number of carboxylic acid groups (broad SMARTS) is 1. The lowest BCUT2D eigenvalue weighted by molar-refractivity contribution is 0.0690. The molecule has 20 heavy (non-hydrogen) atoms. The molecule has 1 heterocycles. The second kappa shape index (κ2) is 6.54. The first kappa shape index (κ1) is 16.9. The summed E-state index contributed by atoms with van der Waals surface area (Å²) in [7, 11) is 0. The minimum atomic E-state index is -1.01. The Morgan fingerprint density at radius 2 is 1.95 bits per heavy atom. The molecule has 0 aromatic carbocycles. The number of hydrogen-bond donors (Lipinski definition) is 2. The molecule has 2 N–H and O–H groups in total. The molecule has 0 atom stereocenters. The van der Waals surface area contributed by atoms with Gasteiger partial charge in [-0.2, -0.15) is 0 Å². The number of carboxylic acids is 1. The van der Waals surface area contributed by atoms with Gasteiger partial charge in [0.2, 0.25) is 0 Å². The molecule has 0 spiro atoms. The van der Waals surface area contributed by atoms with Crippen molar-refractivity contribution < 1.29 is 15.0 Å². The standard InChI is InChI=1S/C14H22N2O3S/c1-8(2)11-15-9(3)10(13(17)18)12(16-11)20-7-6-14(4,5)19/h8,19H,6-7H2,1-5H3,(H,17,18). The van der Waals surface area contributed by atoms with Crippen molar-refractivity contribution >= 4 is 17.7 Å². The largest absolute Gasteiger partial charge is 0.478 e. The fourth-order valence-corrected chi connectivity index (χ4v) is 2.91. The number of aromatic nitrogens is 2. The molecule has 1 aromatic heterocycles. The molecule has 0 aliphatic heterocycles. The molecule has 0 saturated heterocycles. The average molecular weight is 298 g/mol. The van der Waals surface area contributed by atoms with Crippen LogP contribution in [-0.4, -0.2) is 37.5 Å². The Bertz CT molecular complexity index is 496. The highest BCUT2D eigenvalue weighted by Gasteiger charge is 2.20. The molecule has 112 valence electrons. The van der Waals surface area contributed by atoms with Gasteiger partial charge in [0, 0.05) is 11.7 Å². The number of aryl methyl sites for hydroxylation is 1. The van der Waals surface area contributed by atoms with Gasteiger partial charge in [-0.25, -0.2) is 14.8 Å². The van der Waals surface area contributed by atoms with Crippen LogP contribution in [0.3, 0.4) is 0 Å². The third-order valence-corrected chi connectivity index (χ3v) is 3.73. The van der Waals surface area contributed by atoms with Gasteiger partial charge in [-0.05, 0) is 27.2 Å². The van der Waals surface area contributed by atoms with Gasteiger partial charge in [0.25, 0.3) is 0 Å². The molecule has 0 amide bonds. The normalized spacial score (nSPS) is 11.9. The molecule has 0 bridgehead atoms. The van der Waals surface area contributed by atoms with Gasteiger partial charge in [0.15, 0.2) is 0 Å². The van der Waals surface area contributed by atoms with Gasteiger partial charge >= 0.3 is 5.97 Å². The van der Waals surface area contributed by atoms with Gasteiger partial charge in [-0.1, -0.05) is 13.8 Å². The van der Waals surface area contributed by atoms with Gasteiger partial charge in [0.05, 0.1) is 11.3 Å². The fourth-order valence-electron chi connectivity index (χ4n) is 1.57. The van der Waals surface area contributed by atoms with Crippen molar-refractivity contribution in [1.82, 2.24) is 9.97 Å². The number of thioether (sulfide) groups is 1. The maximum absolute atomic E-state index is 11.3. The Balaban J connectivity index is 3.04. The Hall–Kier alpha value is -1.14. The van der Waals surface area contributed by atoms with Gasteiger partial charge in [-0.3, -0.25) is 0 Å². The summed E-state index contributed by atoms with van der Waals surface area (Å²) in [6.07, 6.45) is 0.566. The Kier molecular flexibility index (Phi) is 5.53. The maximum atomic E-state index is 11.3. The highest BCUT2D eigenvalue weighted by atomic mass is 32.2. The molecule has 0 aliphatic rings. The lowest BCUT2D eigenvalue weighted by Crippen LogP contribution is -2.19. The van der Waals surface area contributed by atoms with Crippen LogP contribution in [0, 0.1) is 6.92 Å². The first-order valence-electron chi connectivity index (χ1n) is 6.59. The average Bonchev–Trinajstić information content (AvgIpc) is 2.25. The number of carbonyl (C=O) groups is 1. The zero-order valence-electron chi connectivity index (χ0n) is 12.6. The van der Waals surface area contributed by atoms with Crippen LogP contribution in [0.15, 0.2) is 5.03 Å². The van der Waals surface area contributed by atoms with Gasteiger partial charge in [0.1, 0.15) is 16.4 Å². The van der Waals surface area contributed by atoms with E-state index in [1.807, 2.05) is 13.8 Å². The monoisotopic (exact) mass is 298 g/mol. The Morgan fingerprint density at radius 1 is 1.35 bits per heavy atom. The van der Waals surface area contributed by atoms with E-state index >= 15 is 0 Å². The summed E-state index contributed by atoms with van der Waals surface area (Å²) >= 11 is 1.36. The van der Waals surface area contributed by atoms with Crippen molar-refractivity contribution in [2.24, 2.45) is 0 Å². The van der Waals surface area contributed by atoms with E-state index in [4.69, 9.17) is 0 Å². The van der Waals surface area contributed by atoms with E-state index < -0.39 is 11.6 Å². The third kappa shape index (κ3) is 4.76. The van der Waals surface area contributed by atoms with E-state index in [1.54, 1.807) is 20.8 Å². The molecule has 0 radical (unpaired) electrons. The van der Waals surface area contributed by atoms with Crippen molar-refractivity contribution in [2.75, 3.05) is 5.75 Å². The smallest absolute Gasteiger partial charge is 0.340 e. The highest BCUT2D eigenvalue weighted by molar-refractivity contribution is 7.99. The summed E-state index contributed by atoms with van der Waals surface area (Å²) in [4.78, 5) is 20.0. The highest BCUT2D eigenvalue weighted by Crippen LogP contribution is 2.26. The van der Waals surface area contributed by atoms with Crippen LogP contribution in [0.5, 0.6) is 0 Å². The van der Waals surface area contributed by atoms with Gasteiger partial charge in [-0.15, -0.1) is 11.8 Å². The maximum Gasteiger partial charge on any atom is 0.340 e. The molecule has 0 aliphatic carbocycles. The van der Waals surface area contributed by atoms with Crippen LogP contribution in [0.2, 0.25) is 0 Å². The molecule has 5 nitrogen and oxygen atoms in total. The minimum absolute atomic E-state index is 0.144. The van der Waals surface area contributed by atoms with E-state index in [0.29, 0.717) is 28.7 Å². The molecule has 1 aromatic rings. The predicted octanol–water partition coefficient (Wildman–Crippen LogP) is 2.86. The van der Waals surface area contributed by atoms with Crippen LogP contribution >= 0.6 is 11.8 Å². The third-order valence-electron chi connectivity index (χ3n) is 2.76. The van der Waals surface area contributed by atoms with Gasteiger partial charge < -0.3 is 10.2 Å². The quantitative estimate of drug-likeness (QED) is 0.620. The molecular formula is C14H22N2O3S. The molecule has 0 fully saturated rings. The fraction of sp³-hybridized carbons (Fsp3) is 0.643. The Labute approximate surface area is 123 Å². The predicted molar refractivity (Wildman–Crippen MR) is 79.5 cm³/mol. The van der Waals surface area contributed by atoms with E-state index in [2.05, 4.69) is 9.97 Å². The van der Waals surface area contributed by atoms with E-state index in [1.165, 1.54) is 11.8 Å². The summed E-state index contributed by atoms with van der Waals surface area (Å²) in [5.74, 6) is 0.393. The van der Waals surface area contributed by atoms with Crippen LogP contribution in [0.25, 0.3) is 0 Å². The SMILES string of the molecule is Cc1nc(C(C)C)nc(SCCC(C)(C)O)c1C(=O)O. The lowest BCUT2D eigenvalue weighted by Gasteiger charge is -2.17. The molecule has 0 saturated carbocycles. The zero-order chi connectivity index (χ0) is 15.5. The summed E-state index contributed by atoms with van der Waals surface area (Å²) in [5, 5.41) is 19.5. The number of aliphatic hydroxyl groups is 1. The molecule has 0 unspecified atom stereocenters. The first-order valence-corrected chi connectivity index (χ1v) is 7.57. The number of rotatable bonds is 6. The summed E-state index contributed by atoms with van der Waals surface area (Å²) < 4.78 is 0. The van der Waals surface area contributed by atoms with Crippen LogP contribution in [0.4, 0.5) is 0 Å². The van der Waals surface area contributed by atoms with E-state index in [0.717, 1.165) is 0 Å². The first-order chi connectivity index (χ1) is 9.11. The van der Waals surface area contributed by atoms with Crippen LogP contribution in [-0.2, 0) is 0 Å². The minimum Gasteiger partial charge on any atom is -0.478 e. The van der Waals surface area contributed by atoms with Crippen molar-refractivity contribution in [3.05, 3.63) is 17.1 Å². The lowest BCUT2D eigenvalue weighted by atomic mass is 10.1. The Morgan fingerprint density at radius 3 is 2.40 bits per heavy atom. The van der Waals surface area contributed by atoms with Crippen molar-refractivity contribution in [3.8, 4) is 0 Å². The van der Waals surface area contributed by atoms with Crippen LogP contribution in [0.1, 0.15) is 61.9 Å². The summed E-state index contributed by atoms with van der Waals surface area (Å²) in [6.45, 7) is 9.10. The molecular weight excluding hydrogens is 276 g/mol. The number of hydrogen-bond acceptors (Lipinski definition) is 5. The van der Waals surface area contributed by atoms with E-state index in [-0.39, 0.29) is 11.5 Å². The van der Waals surface area contributed by atoms with Crippen molar-refractivity contribution in [2.45, 2.75) is 57.6 Å². The molecule has 6 heteroatoms. The number of nitrogens with zero attached hydrogens (tertiary/aromatic N) is 2. The van der Waals surface area contributed by atoms with E-state index in [9.17, 15) is 15.0 Å². The topological polar surface area (TPSA) is 83.3 Å². The molecule has 1 rings (SSSR count). The summed E-state index contributed by atoms with van der Waals surface area (Å²) in [6, 6.07) is 0.